The van der Waals surface area contributed by atoms with Gasteiger partial charge in [0.1, 0.15) is 5.76 Å². The third kappa shape index (κ3) is 4.26. The van der Waals surface area contributed by atoms with E-state index in [4.69, 9.17) is 9.15 Å². The van der Waals surface area contributed by atoms with Crippen LogP contribution in [0.5, 0.6) is 5.95 Å². The highest BCUT2D eigenvalue weighted by atomic mass is 16.6. The van der Waals surface area contributed by atoms with Crippen LogP contribution in [0.4, 0.5) is 0 Å². The lowest BCUT2D eigenvalue weighted by Gasteiger charge is -2.13. The van der Waals surface area contributed by atoms with Gasteiger partial charge in [-0.05, 0) is 37.7 Å². The van der Waals surface area contributed by atoms with Crippen molar-refractivity contribution < 1.29 is 9.15 Å². The fourth-order valence-corrected chi connectivity index (χ4v) is 2.30. The Morgan fingerprint density at radius 2 is 2.10 bits per heavy atom. The molecule has 3 heteroatoms. The Morgan fingerprint density at radius 3 is 2.65 bits per heavy atom. The van der Waals surface area contributed by atoms with E-state index >= 15 is 0 Å². The van der Waals surface area contributed by atoms with E-state index < -0.39 is 0 Å². The lowest BCUT2D eigenvalue weighted by atomic mass is 9.93. The summed E-state index contributed by atoms with van der Waals surface area (Å²) in [5.74, 6) is 2.06. The molecule has 0 aliphatic heterocycles. The number of allylic oxidation sites excluding steroid dienone is 2. The molecule has 0 bridgehead atoms. The van der Waals surface area contributed by atoms with Crippen molar-refractivity contribution >= 4 is 5.57 Å². The maximum Gasteiger partial charge on any atom is 0.291 e. The van der Waals surface area contributed by atoms with Gasteiger partial charge in [0.15, 0.2) is 5.43 Å². The van der Waals surface area contributed by atoms with Gasteiger partial charge in [-0.1, -0.05) is 33.3 Å². The van der Waals surface area contributed by atoms with Gasteiger partial charge in [0.25, 0.3) is 5.95 Å². The first-order valence-corrected chi connectivity index (χ1v) is 7.26. The number of hydrogen-bond acceptors (Lipinski definition) is 3. The second kappa shape index (κ2) is 7.32. The SMILES string of the molecule is CC[C@H](C)C[C@H](C)/C=C(\C)c1cc(=O)c(C)c(OC)o1. The maximum atomic E-state index is 11.9. The minimum atomic E-state index is -0.0505. The molecule has 1 aromatic rings. The molecule has 20 heavy (non-hydrogen) atoms. The van der Waals surface area contributed by atoms with Crippen molar-refractivity contribution in [1.29, 1.82) is 0 Å². The van der Waals surface area contributed by atoms with Gasteiger partial charge in [-0.15, -0.1) is 0 Å². The van der Waals surface area contributed by atoms with Gasteiger partial charge in [0.05, 0.1) is 12.7 Å². The Hall–Kier alpha value is -1.51. The molecule has 0 amide bonds. The first-order valence-electron chi connectivity index (χ1n) is 7.26. The molecule has 2 atom stereocenters. The molecule has 1 aromatic heterocycles. The Balaban J connectivity index is 2.99. The minimum Gasteiger partial charge on any atom is -0.468 e. The van der Waals surface area contributed by atoms with Crippen LogP contribution in [0.25, 0.3) is 5.57 Å². The van der Waals surface area contributed by atoms with Gasteiger partial charge in [-0.2, -0.15) is 0 Å². The third-order valence-electron chi connectivity index (χ3n) is 3.72. The molecule has 0 aromatic carbocycles. The van der Waals surface area contributed by atoms with E-state index in [2.05, 4.69) is 26.8 Å². The van der Waals surface area contributed by atoms with Gasteiger partial charge < -0.3 is 9.15 Å². The minimum absolute atomic E-state index is 0.0505. The van der Waals surface area contributed by atoms with Crippen molar-refractivity contribution in [1.82, 2.24) is 0 Å². The van der Waals surface area contributed by atoms with Gasteiger partial charge in [0, 0.05) is 6.07 Å². The van der Waals surface area contributed by atoms with Crippen LogP contribution >= 0.6 is 0 Å². The van der Waals surface area contributed by atoms with Crippen LogP contribution in [-0.4, -0.2) is 7.11 Å². The molecule has 0 unspecified atom stereocenters. The molecule has 0 saturated carbocycles. The Labute approximate surface area is 121 Å². The predicted molar refractivity (Wildman–Crippen MR) is 83.2 cm³/mol. The van der Waals surface area contributed by atoms with E-state index in [1.165, 1.54) is 13.5 Å². The zero-order valence-electron chi connectivity index (χ0n) is 13.4. The Kier molecular flexibility index (Phi) is 6.05. The second-order valence-electron chi connectivity index (χ2n) is 5.67. The number of rotatable bonds is 6. The van der Waals surface area contributed by atoms with Gasteiger partial charge in [-0.25, -0.2) is 0 Å². The molecule has 0 N–H and O–H groups in total. The highest BCUT2D eigenvalue weighted by Crippen LogP contribution is 2.24. The summed E-state index contributed by atoms with van der Waals surface area (Å²) < 4.78 is 10.8. The average molecular weight is 278 g/mol. The maximum absolute atomic E-state index is 11.9. The Morgan fingerprint density at radius 1 is 1.45 bits per heavy atom. The molecular formula is C17H26O3. The number of ether oxygens (including phenoxy) is 1. The Bertz CT molecular complexity index is 526. The fraction of sp³-hybridized carbons (Fsp3) is 0.588. The van der Waals surface area contributed by atoms with Crippen LogP contribution in [0.3, 0.4) is 0 Å². The molecule has 0 aliphatic carbocycles. The molecule has 1 rings (SSSR count). The summed E-state index contributed by atoms with van der Waals surface area (Å²) in [7, 11) is 1.51. The van der Waals surface area contributed by atoms with Crippen LogP contribution in [0.2, 0.25) is 0 Å². The zero-order chi connectivity index (χ0) is 15.3. The summed E-state index contributed by atoms with van der Waals surface area (Å²) in [6, 6.07) is 1.54. The zero-order valence-corrected chi connectivity index (χ0v) is 13.4. The topological polar surface area (TPSA) is 39.4 Å². The van der Waals surface area contributed by atoms with Crippen molar-refractivity contribution in [2.24, 2.45) is 11.8 Å². The van der Waals surface area contributed by atoms with Gasteiger partial charge in [-0.3, -0.25) is 4.79 Å². The fourth-order valence-electron chi connectivity index (χ4n) is 2.30. The largest absolute Gasteiger partial charge is 0.468 e. The quantitative estimate of drug-likeness (QED) is 0.772. The monoisotopic (exact) mass is 278 g/mol. The molecule has 1 heterocycles. The van der Waals surface area contributed by atoms with E-state index in [0.29, 0.717) is 29.1 Å². The number of hydrogen-bond donors (Lipinski definition) is 0. The van der Waals surface area contributed by atoms with Gasteiger partial charge >= 0.3 is 0 Å². The summed E-state index contributed by atoms with van der Waals surface area (Å²) in [5, 5.41) is 0. The average Bonchev–Trinajstić information content (AvgIpc) is 2.41. The normalized spacial score (nSPS) is 15.0. The van der Waals surface area contributed by atoms with Crippen LogP contribution in [0.1, 0.15) is 51.9 Å². The summed E-state index contributed by atoms with van der Waals surface area (Å²) in [4.78, 5) is 11.9. The van der Waals surface area contributed by atoms with Crippen LogP contribution in [0, 0.1) is 18.8 Å². The highest BCUT2D eigenvalue weighted by molar-refractivity contribution is 5.59. The second-order valence-corrected chi connectivity index (χ2v) is 5.67. The van der Waals surface area contributed by atoms with Crippen molar-refractivity contribution in [3.63, 3.8) is 0 Å². The third-order valence-corrected chi connectivity index (χ3v) is 3.72. The number of methoxy groups -OCH3 is 1. The summed E-state index contributed by atoms with van der Waals surface area (Å²) in [5.41, 5.74) is 1.44. The smallest absolute Gasteiger partial charge is 0.291 e. The van der Waals surface area contributed by atoms with Crippen molar-refractivity contribution in [2.45, 2.75) is 47.5 Å². The molecule has 0 spiro atoms. The molecule has 0 fully saturated rings. The lowest BCUT2D eigenvalue weighted by molar-refractivity contribution is 0.289. The first-order chi connectivity index (χ1) is 9.38. The molecule has 0 saturated heterocycles. The molecule has 112 valence electrons. The molecule has 0 radical (unpaired) electrons. The van der Waals surface area contributed by atoms with Crippen LogP contribution in [0.15, 0.2) is 21.4 Å². The van der Waals surface area contributed by atoms with E-state index in [1.807, 2.05) is 6.92 Å². The van der Waals surface area contributed by atoms with E-state index in [0.717, 1.165) is 12.0 Å². The standard InChI is InChI=1S/C17H26O3/c1-7-11(2)8-12(3)9-13(4)16-10-15(18)14(5)17(19-6)20-16/h9-12H,7-8H2,1-6H3/b13-9+/t11-,12-/m0/s1. The summed E-state index contributed by atoms with van der Waals surface area (Å²) in [6.45, 7) is 10.3. The predicted octanol–water partition coefficient (Wildman–Crippen LogP) is 4.43. The van der Waals surface area contributed by atoms with E-state index in [-0.39, 0.29) is 5.43 Å². The van der Waals surface area contributed by atoms with Crippen LogP contribution in [-0.2, 0) is 0 Å². The van der Waals surface area contributed by atoms with Crippen LogP contribution < -0.4 is 10.2 Å². The lowest BCUT2D eigenvalue weighted by Crippen LogP contribution is -2.07. The summed E-state index contributed by atoms with van der Waals surface area (Å²) >= 11 is 0. The van der Waals surface area contributed by atoms with E-state index in [9.17, 15) is 4.79 Å². The molecule has 3 nitrogen and oxygen atoms in total. The molecule has 0 aliphatic rings. The molecular weight excluding hydrogens is 252 g/mol. The van der Waals surface area contributed by atoms with E-state index in [1.54, 1.807) is 13.0 Å². The van der Waals surface area contributed by atoms with Crippen molar-refractivity contribution in [3.8, 4) is 5.95 Å². The van der Waals surface area contributed by atoms with Crippen molar-refractivity contribution in [3.05, 3.63) is 33.7 Å². The first kappa shape index (κ1) is 16.5. The van der Waals surface area contributed by atoms with Gasteiger partial charge in [0.2, 0.25) is 0 Å². The summed E-state index contributed by atoms with van der Waals surface area (Å²) in [6.07, 6.45) is 4.49. The highest BCUT2D eigenvalue weighted by Gasteiger charge is 2.11. The van der Waals surface area contributed by atoms with Crippen molar-refractivity contribution in [2.75, 3.05) is 7.11 Å².